The number of aromatic nitrogens is 4. The van der Waals surface area contributed by atoms with Crippen molar-refractivity contribution >= 4 is 39.7 Å². The van der Waals surface area contributed by atoms with E-state index in [1.807, 2.05) is 24.5 Å². The minimum absolute atomic E-state index is 0.244. The predicted octanol–water partition coefficient (Wildman–Crippen LogP) is 2.51. The minimum Gasteiger partial charge on any atom is -0.265 e. The van der Waals surface area contributed by atoms with Gasteiger partial charge in [-0.1, -0.05) is 52.9 Å². The van der Waals surface area contributed by atoms with Gasteiger partial charge in [-0.2, -0.15) is 4.52 Å². The van der Waals surface area contributed by atoms with Crippen molar-refractivity contribution in [2.75, 3.05) is 6.26 Å². The number of thioether (sulfide) groups is 1. The Morgan fingerprint density at radius 1 is 1.35 bits per heavy atom. The van der Waals surface area contributed by atoms with Gasteiger partial charge in [0.15, 0.2) is 4.34 Å². The zero-order valence-electron chi connectivity index (χ0n) is 10.4. The van der Waals surface area contributed by atoms with E-state index in [9.17, 15) is 4.79 Å². The van der Waals surface area contributed by atoms with Gasteiger partial charge in [-0.05, 0) is 17.9 Å². The first kappa shape index (κ1) is 13.5. The first-order valence-corrected chi connectivity index (χ1v) is 8.14. The Morgan fingerprint density at radius 3 is 2.90 bits per heavy atom. The highest BCUT2D eigenvalue weighted by atomic mass is 35.5. The zero-order valence-corrected chi connectivity index (χ0v) is 12.8. The predicted molar refractivity (Wildman–Crippen MR) is 81.0 cm³/mol. The maximum Gasteiger partial charge on any atom is 0.297 e. The monoisotopic (exact) mass is 324 g/mol. The molecular formula is C12H9ClN4OS2. The molecule has 0 amide bonds. The lowest BCUT2D eigenvalue weighted by atomic mass is 10.1. The van der Waals surface area contributed by atoms with E-state index in [1.54, 1.807) is 6.07 Å². The second-order valence-corrected chi connectivity index (χ2v) is 6.40. The molecule has 0 saturated heterocycles. The molecule has 5 nitrogen and oxygen atoms in total. The van der Waals surface area contributed by atoms with Crippen LogP contribution in [0.2, 0.25) is 5.02 Å². The van der Waals surface area contributed by atoms with Crippen molar-refractivity contribution in [2.24, 2.45) is 0 Å². The first-order chi connectivity index (χ1) is 9.69. The van der Waals surface area contributed by atoms with E-state index in [0.717, 1.165) is 9.90 Å². The molecular weight excluding hydrogens is 316 g/mol. The van der Waals surface area contributed by atoms with Gasteiger partial charge in [0, 0.05) is 11.4 Å². The van der Waals surface area contributed by atoms with E-state index >= 15 is 0 Å². The number of rotatable bonds is 3. The third-order valence-electron chi connectivity index (χ3n) is 2.73. The molecule has 102 valence electrons. The van der Waals surface area contributed by atoms with Crippen LogP contribution in [0, 0.1) is 0 Å². The van der Waals surface area contributed by atoms with Gasteiger partial charge in [-0.3, -0.25) is 4.79 Å². The summed E-state index contributed by atoms with van der Waals surface area (Å²) in [5, 5.41) is 12.9. The van der Waals surface area contributed by atoms with E-state index in [-0.39, 0.29) is 5.56 Å². The van der Waals surface area contributed by atoms with Crippen molar-refractivity contribution in [1.82, 2.24) is 19.8 Å². The molecule has 0 unspecified atom stereocenters. The average Bonchev–Trinajstić information content (AvgIpc) is 2.88. The SMILES string of the molecule is CSc1nn2c(=O)c(Cc3ccccc3Cl)nnc2s1. The second-order valence-electron chi connectivity index (χ2n) is 3.99. The van der Waals surface area contributed by atoms with Crippen LogP contribution in [-0.4, -0.2) is 26.1 Å². The molecule has 1 aromatic carbocycles. The highest BCUT2D eigenvalue weighted by Gasteiger charge is 2.13. The van der Waals surface area contributed by atoms with Gasteiger partial charge in [0.25, 0.3) is 5.56 Å². The van der Waals surface area contributed by atoms with Crippen LogP contribution in [0.15, 0.2) is 33.4 Å². The summed E-state index contributed by atoms with van der Waals surface area (Å²) in [5.41, 5.74) is 0.945. The Kier molecular flexibility index (Phi) is 3.73. The van der Waals surface area contributed by atoms with Crippen molar-refractivity contribution in [3.8, 4) is 0 Å². The zero-order chi connectivity index (χ0) is 14.1. The molecule has 0 bridgehead atoms. The summed E-state index contributed by atoms with van der Waals surface area (Å²) >= 11 is 8.92. The van der Waals surface area contributed by atoms with Crippen LogP contribution in [0.25, 0.3) is 4.96 Å². The molecule has 2 aromatic heterocycles. The van der Waals surface area contributed by atoms with Crippen molar-refractivity contribution < 1.29 is 0 Å². The number of hydrogen-bond acceptors (Lipinski definition) is 6. The molecule has 0 saturated carbocycles. The summed E-state index contributed by atoms with van der Waals surface area (Å²) in [7, 11) is 0. The van der Waals surface area contributed by atoms with Crippen LogP contribution in [0.1, 0.15) is 11.3 Å². The van der Waals surface area contributed by atoms with Gasteiger partial charge in [0.05, 0.1) is 0 Å². The lowest BCUT2D eigenvalue weighted by Crippen LogP contribution is -2.22. The number of hydrogen-bond donors (Lipinski definition) is 0. The first-order valence-electron chi connectivity index (χ1n) is 5.72. The summed E-state index contributed by atoms with van der Waals surface area (Å²) in [5.74, 6) is 0. The topological polar surface area (TPSA) is 60.2 Å². The van der Waals surface area contributed by atoms with E-state index in [1.165, 1.54) is 27.6 Å². The molecule has 20 heavy (non-hydrogen) atoms. The average molecular weight is 325 g/mol. The molecule has 0 aliphatic carbocycles. The molecule has 0 aliphatic heterocycles. The quantitative estimate of drug-likeness (QED) is 0.693. The third kappa shape index (κ3) is 2.44. The van der Waals surface area contributed by atoms with Crippen molar-refractivity contribution in [1.29, 1.82) is 0 Å². The Labute approximate surface area is 127 Å². The molecule has 0 atom stereocenters. The summed E-state index contributed by atoms with van der Waals surface area (Å²) in [6, 6.07) is 7.38. The van der Waals surface area contributed by atoms with E-state index in [2.05, 4.69) is 15.3 Å². The highest BCUT2D eigenvalue weighted by Crippen LogP contribution is 2.20. The smallest absolute Gasteiger partial charge is 0.265 e. The van der Waals surface area contributed by atoms with Gasteiger partial charge in [0.2, 0.25) is 4.96 Å². The molecule has 0 radical (unpaired) electrons. The molecule has 0 N–H and O–H groups in total. The number of benzene rings is 1. The van der Waals surface area contributed by atoms with E-state index in [0.29, 0.717) is 22.1 Å². The fourth-order valence-electron chi connectivity index (χ4n) is 1.74. The Hall–Kier alpha value is -1.44. The Bertz CT molecular complexity index is 830. The number of nitrogens with zero attached hydrogens (tertiary/aromatic N) is 4. The van der Waals surface area contributed by atoms with Gasteiger partial charge >= 0.3 is 0 Å². The maximum absolute atomic E-state index is 12.3. The number of fused-ring (bicyclic) bond motifs is 1. The van der Waals surface area contributed by atoms with E-state index in [4.69, 9.17) is 11.6 Å². The third-order valence-corrected chi connectivity index (χ3v) is 4.97. The van der Waals surface area contributed by atoms with Crippen molar-refractivity contribution in [3.63, 3.8) is 0 Å². The molecule has 8 heteroatoms. The van der Waals surface area contributed by atoms with Crippen molar-refractivity contribution in [2.45, 2.75) is 10.8 Å². The summed E-state index contributed by atoms with van der Waals surface area (Å²) in [6.45, 7) is 0. The van der Waals surface area contributed by atoms with Crippen LogP contribution in [0.4, 0.5) is 0 Å². The van der Waals surface area contributed by atoms with Gasteiger partial charge in [0.1, 0.15) is 5.69 Å². The molecule has 0 spiro atoms. The standard InChI is InChI=1S/C12H9ClN4OS2/c1-19-12-16-17-10(18)9(14-15-11(17)20-12)6-7-4-2-3-5-8(7)13/h2-5H,6H2,1H3. The van der Waals surface area contributed by atoms with Gasteiger partial charge in [-0.25, -0.2) is 0 Å². The van der Waals surface area contributed by atoms with Crippen LogP contribution in [-0.2, 0) is 6.42 Å². The summed E-state index contributed by atoms with van der Waals surface area (Å²) in [6.07, 6.45) is 2.25. The van der Waals surface area contributed by atoms with Crippen LogP contribution < -0.4 is 5.56 Å². The fourth-order valence-corrected chi connectivity index (χ4v) is 3.24. The molecule has 3 rings (SSSR count). The van der Waals surface area contributed by atoms with Crippen LogP contribution >= 0.6 is 34.7 Å². The normalized spacial score (nSPS) is 11.1. The molecule has 3 aromatic rings. The van der Waals surface area contributed by atoms with Crippen LogP contribution in [0.5, 0.6) is 0 Å². The lowest BCUT2D eigenvalue weighted by Gasteiger charge is -2.02. The number of halogens is 1. The highest BCUT2D eigenvalue weighted by molar-refractivity contribution is 8.00. The molecule has 0 fully saturated rings. The van der Waals surface area contributed by atoms with E-state index < -0.39 is 0 Å². The maximum atomic E-state index is 12.3. The van der Waals surface area contributed by atoms with Crippen LogP contribution in [0.3, 0.4) is 0 Å². The second kappa shape index (κ2) is 5.51. The summed E-state index contributed by atoms with van der Waals surface area (Å²) in [4.78, 5) is 12.8. The Morgan fingerprint density at radius 2 is 2.15 bits per heavy atom. The molecule has 2 heterocycles. The largest absolute Gasteiger partial charge is 0.297 e. The minimum atomic E-state index is -0.244. The Balaban J connectivity index is 2.06. The van der Waals surface area contributed by atoms with Gasteiger partial charge in [-0.15, -0.1) is 15.3 Å². The molecule has 0 aliphatic rings. The summed E-state index contributed by atoms with van der Waals surface area (Å²) < 4.78 is 2.08. The van der Waals surface area contributed by atoms with Crippen molar-refractivity contribution in [3.05, 3.63) is 50.9 Å². The van der Waals surface area contributed by atoms with Gasteiger partial charge < -0.3 is 0 Å². The fraction of sp³-hybridized carbons (Fsp3) is 0.167. The lowest BCUT2D eigenvalue weighted by molar-refractivity contribution is 0.788.